The Morgan fingerprint density at radius 1 is 1.39 bits per heavy atom. The van der Waals surface area contributed by atoms with Crippen molar-refractivity contribution in [1.29, 1.82) is 0 Å². The van der Waals surface area contributed by atoms with Crippen LogP contribution in [0.5, 0.6) is 0 Å². The molecule has 1 aromatic carbocycles. The summed E-state index contributed by atoms with van der Waals surface area (Å²) >= 11 is 5.29. The minimum absolute atomic E-state index is 0.0151. The third kappa shape index (κ3) is 3.20. The molecule has 1 unspecified atom stereocenters. The van der Waals surface area contributed by atoms with Crippen molar-refractivity contribution < 1.29 is 8.42 Å². The van der Waals surface area contributed by atoms with Crippen LogP contribution < -0.4 is 5.32 Å². The first-order valence-corrected chi connectivity index (χ1v) is 8.00. The molecule has 0 aliphatic carbocycles. The number of rotatable bonds is 2. The lowest BCUT2D eigenvalue weighted by Crippen LogP contribution is -2.40. The summed E-state index contributed by atoms with van der Waals surface area (Å²) in [7, 11) is -1.04. The molecular formula is C12H16N2O2S2. The second kappa shape index (κ2) is 5.24. The summed E-state index contributed by atoms with van der Waals surface area (Å²) in [6.07, 6.45) is 0.648. The number of anilines is 1. The maximum absolute atomic E-state index is 11.4. The zero-order chi connectivity index (χ0) is 13.2. The summed E-state index contributed by atoms with van der Waals surface area (Å²) in [5.74, 6) is 0.454. The zero-order valence-electron chi connectivity index (χ0n) is 10.2. The molecule has 1 N–H and O–H groups in total. The molecule has 1 atom stereocenters. The van der Waals surface area contributed by atoms with Crippen molar-refractivity contribution in [2.45, 2.75) is 12.5 Å². The van der Waals surface area contributed by atoms with Crippen LogP contribution in [0, 0.1) is 0 Å². The van der Waals surface area contributed by atoms with E-state index in [9.17, 15) is 8.42 Å². The average molecular weight is 284 g/mol. The highest BCUT2D eigenvalue weighted by Gasteiger charge is 2.31. The van der Waals surface area contributed by atoms with Gasteiger partial charge in [0.15, 0.2) is 14.9 Å². The normalized spacial score (nSPS) is 21.5. The minimum atomic E-state index is -2.88. The van der Waals surface area contributed by atoms with Crippen LogP contribution in [-0.4, -0.2) is 43.0 Å². The van der Waals surface area contributed by atoms with Gasteiger partial charge in [-0.25, -0.2) is 8.42 Å². The molecule has 98 valence electrons. The SMILES string of the molecule is CN(C(=S)Nc1ccccc1)C1CCS(=O)(=O)C1. The Labute approximate surface area is 113 Å². The first-order chi connectivity index (χ1) is 8.48. The Morgan fingerprint density at radius 3 is 2.61 bits per heavy atom. The highest BCUT2D eigenvalue weighted by molar-refractivity contribution is 7.91. The van der Waals surface area contributed by atoms with E-state index in [1.165, 1.54) is 0 Å². The van der Waals surface area contributed by atoms with E-state index in [0.717, 1.165) is 5.69 Å². The molecule has 1 fully saturated rings. The number of para-hydroxylation sites is 1. The largest absolute Gasteiger partial charge is 0.348 e. The minimum Gasteiger partial charge on any atom is -0.348 e. The summed E-state index contributed by atoms with van der Waals surface area (Å²) in [5, 5.41) is 3.67. The molecule has 0 bridgehead atoms. The number of sulfone groups is 1. The number of hydrogen-bond donors (Lipinski definition) is 1. The van der Waals surface area contributed by atoms with Gasteiger partial charge in [0.05, 0.1) is 11.5 Å². The molecule has 4 nitrogen and oxygen atoms in total. The van der Waals surface area contributed by atoms with Crippen LogP contribution in [0.15, 0.2) is 30.3 Å². The molecule has 0 spiro atoms. The molecule has 6 heteroatoms. The van der Waals surface area contributed by atoms with E-state index in [1.54, 1.807) is 0 Å². The molecule has 18 heavy (non-hydrogen) atoms. The van der Waals surface area contributed by atoms with Crippen LogP contribution in [0.4, 0.5) is 5.69 Å². The quantitative estimate of drug-likeness (QED) is 0.834. The van der Waals surface area contributed by atoms with Crippen LogP contribution in [-0.2, 0) is 9.84 Å². The highest BCUT2D eigenvalue weighted by Crippen LogP contribution is 2.17. The van der Waals surface area contributed by atoms with E-state index < -0.39 is 9.84 Å². The number of nitrogens with zero attached hydrogens (tertiary/aromatic N) is 1. The van der Waals surface area contributed by atoms with Crippen LogP contribution >= 0.6 is 12.2 Å². The van der Waals surface area contributed by atoms with Crippen molar-refractivity contribution in [3.05, 3.63) is 30.3 Å². The van der Waals surface area contributed by atoms with Crippen molar-refractivity contribution in [3.63, 3.8) is 0 Å². The lowest BCUT2D eigenvalue weighted by atomic mass is 10.2. The molecule has 1 aromatic rings. The van der Waals surface area contributed by atoms with Crippen LogP contribution in [0.2, 0.25) is 0 Å². The second-order valence-corrected chi connectivity index (χ2v) is 7.08. The molecule has 0 aromatic heterocycles. The van der Waals surface area contributed by atoms with Crippen molar-refractivity contribution in [2.24, 2.45) is 0 Å². The van der Waals surface area contributed by atoms with Gasteiger partial charge in [0.2, 0.25) is 0 Å². The number of benzene rings is 1. The van der Waals surface area contributed by atoms with Crippen LogP contribution in [0.3, 0.4) is 0 Å². The fourth-order valence-electron chi connectivity index (χ4n) is 1.98. The van der Waals surface area contributed by atoms with Crippen molar-refractivity contribution >= 4 is 32.9 Å². The van der Waals surface area contributed by atoms with E-state index in [2.05, 4.69) is 5.32 Å². The Morgan fingerprint density at radius 2 is 2.06 bits per heavy atom. The Kier molecular flexibility index (Phi) is 3.87. The van der Waals surface area contributed by atoms with Gasteiger partial charge in [0.25, 0.3) is 0 Å². The monoisotopic (exact) mass is 284 g/mol. The molecule has 1 aliphatic heterocycles. The standard InChI is InChI=1S/C12H16N2O2S2/c1-14(11-7-8-18(15,16)9-11)12(17)13-10-5-3-2-4-6-10/h2-6,11H,7-9H2,1H3,(H,13,17). The van der Waals surface area contributed by atoms with Gasteiger partial charge in [-0.2, -0.15) is 0 Å². The van der Waals surface area contributed by atoms with Crippen molar-refractivity contribution in [2.75, 3.05) is 23.9 Å². The molecular weight excluding hydrogens is 268 g/mol. The Bertz CT molecular complexity index is 528. The van der Waals surface area contributed by atoms with Gasteiger partial charge >= 0.3 is 0 Å². The van der Waals surface area contributed by atoms with Gasteiger partial charge in [-0.3, -0.25) is 0 Å². The maximum atomic E-state index is 11.4. The van der Waals surface area contributed by atoms with E-state index in [4.69, 9.17) is 12.2 Å². The molecule has 2 rings (SSSR count). The van der Waals surface area contributed by atoms with Gasteiger partial charge in [-0.1, -0.05) is 18.2 Å². The summed E-state index contributed by atoms with van der Waals surface area (Å²) in [5.41, 5.74) is 0.912. The molecule has 0 saturated carbocycles. The number of nitrogens with one attached hydrogen (secondary N) is 1. The summed E-state index contributed by atoms with van der Waals surface area (Å²) in [6, 6.07) is 9.60. The zero-order valence-corrected chi connectivity index (χ0v) is 11.8. The topological polar surface area (TPSA) is 49.4 Å². The highest BCUT2D eigenvalue weighted by atomic mass is 32.2. The molecule has 0 radical (unpaired) electrons. The first-order valence-electron chi connectivity index (χ1n) is 5.77. The van der Waals surface area contributed by atoms with E-state index in [-0.39, 0.29) is 17.5 Å². The second-order valence-electron chi connectivity index (χ2n) is 4.46. The Balaban J connectivity index is 1.98. The molecule has 1 heterocycles. The third-order valence-corrected chi connectivity index (χ3v) is 5.24. The van der Waals surface area contributed by atoms with Crippen LogP contribution in [0.1, 0.15) is 6.42 Å². The fraction of sp³-hybridized carbons (Fsp3) is 0.417. The predicted molar refractivity (Wildman–Crippen MR) is 77.5 cm³/mol. The van der Waals surface area contributed by atoms with Gasteiger partial charge in [0.1, 0.15) is 0 Å². The van der Waals surface area contributed by atoms with E-state index in [1.807, 2.05) is 42.3 Å². The summed E-state index contributed by atoms with van der Waals surface area (Å²) < 4.78 is 22.9. The van der Waals surface area contributed by atoms with Crippen LogP contribution in [0.25, 0.3) is 0 Å². The van der Waals surface area contributed by atoms with Gasteiger partial charge in [-0.05, 0) is 30.8 Å². The average Bonchev–Trinajstić information content (AvgIpc) is 2.70. The van der Waals surface area contributed by atoms with Crippen molar-refractivity contribution in [3.8, 4) is 0 Å². The third-order valence-electron chi connectivity index (χ3n) is 3.10. The number of thiocarbonyl (C=S) groups is 1. The predicted octanol–water partition coefficient (Wildman–Crippen LogP) is 1.50. The lowest BCUT2D eigenvalue weighted by Gasteiger charge is -2.26. The lowest BCUT2D eigenvalue weighted by molar-refractivity contribution is 0.402. The molecule has 1 aliphatic rings. The Hall–Kier alpha value is -1.14. The van der Waals surface area contributed by atoms with E-state index >= 15 is 0 Å². The number of hydrogen-bond acceptors (Lipinski definition) is 3. The van der Waals surface area contributed by atoms with Gasteiger partial charge in [0, 0.05) is 18.8 Å². The maximum Gasteiger partial charge on any atom is 0.173 e. The summed E-state index contributed by atoms with van der Waals surface area (Å²) in [6.45, 7) is 0. The first kappa shape index (κ1) is 13.3. The smallest absolute Gasteiger partial charge is 0.173 e. The molecule has 1 saturated heterocycles. The van der Waals surface area contributed by atoms with Gasteiger partial charge < -0.3 is 10.2 Å². The summed E-state index contributed by atoms with van der Waals surface area (Å²) in [4.78, 5) is 1.84. The van der Waals surface area contributed by atoms with Gasteiger partial charge in [-0.15, -0.1) is 0 Å². The fourth-order valence-corrected chi connectivity index (χ4v) is 4.02. The van der Waals surface area contributed by atoms with E-state index in [0.29, 0.717) is 11.5 Å². The molecule has 0 amide bonds. The van der Waals surface area contributed by atoms with Crippen molar-refractivity contribution in [1.82, 2.24) is 4.90 Å².